The molecule has 0 bridgehead atoms. The normalized spacial score (nSPS) is 12.6. The van der Waals surface area contributed by atoms with E-state index in [0.717, 1.165) is 28.6 Å². The first-order valence-electron chi connectivity index (χ1n) is 4.78. The van der Waals surface area contributed by atoms with Gasteiger partial charge in [-0.1, -0.05) is 35.3 Å². The lowest BCUT2D eigenvalue weighted by Gasteiger charge is -2.13. The molecule has 1 aromatic rings. The van der Waals surface area contributed by atoms with Gasteiger partial charge < -0.3 is 10.5 Å². The van der Waals surface area contributed by atoms with Crippen molar-refractivity contribution < 1.29 is 4.74 Å². The number of hydrogen-bond acceptors (Lipinski definition) is 2. The number of nitrogens with two attached hydrogens (primary N) is 1. The van der Waals surface area contributed by atoms with Crippen molar-refractivity contribution in [1.82, 2.24) is 0 Å². The minimum atomic E-state index is 0.111. The summed E-state index contributed by atoms with van der Waals surface area (Å²) in [5, 5.41) is 0. The summed E-state index contributed by atoms with van der Waals surface area (Å²) in [6.45, 7) is 2.14. The van der Waals surface area contributed by atoms with E-state index in [1.165, 1.54) is 0 Å². The summed E-state index contributed by atoms with van der Waals surface area (Å²) >= 11 is 3.50. The fourth-order valence-corrected chi connectivity index (χ4v) is 2.05. The van der Waals surface area contributed by atoms with Crippen LogP contribution in [-0.4, -0.2) is 7.11 Å². The van der Waals surface area contributed by atoms with E-state index in [1.807, 2.05) is 18.2 Å². The average Bonchev–Trinajstić information content (AvgIpc) is 2.17. The number of rotatable bonds is 4. The number of halogens is 1. The maximum Gasteiger partial charge on any atom is 0.120 e. The molecule has 0 radical (unpaired) electrons. The van der Waals surface area contributed by atoms with E-state index >= 15 is 0 Å². The summed E-state index contributed by atoms with van der Waals surface area (Å²) in [5.41, 5.74) is 7.17. The van der Waals surface area contributed by atoms with Gasteiger partial charge >= 0.3 is 0 Å². The Morgan fingerprint density at radius 2 is 2.21 bits per heavy atom. The molecule has 0 fully saturated rings. The molecule has 3 heteroatoms. The third-order valence-corrected chi connectivity index (χ3v) is 2.89. The highest BCUT2D eigenvalue weighted by molar-refractivity contribution is 9.10. The third-order valence-electron chi connectivity index (χ3n) is 2.21. The Labute approximate surface area is 93.6 Å². The number of benzene rings is 1. The Bertz CT molecular complexity index is 301. The molecule has 0 saturated carbocycles. The van der Waals surface area contributed by atoms with E-state index in [9.17, 15) is 0 Å². The van der Waals surface area contributed by atoms with Gasteiger partial charge in [-0.3, -0.25) is 0 Å². The zero-order valence-electron chi connectivity index (χ0n) is 8.59. The second kappa shape index (κ2) is 5.37. The highest BCUT2D eigenvalue weighted by atomic mass is 79.9. The van der Waals surface area contributed by atoms with Crippen LogP contribution in [0.25, 0.3) is 0 Å². The lowest BCUT2D eigenvalue weighted by molar-refractivity contribution is 0.414. The first-order chi connectivity index (χ1) is 6.69. The molecule has 0 heterocycles. The molecule has 0 spiro atoms. The molecule has 0 amide bonds. The lowest BCUT2D eigenvalue weighted by Crippen LogP contribution is -2.10. The summed E-state index contributed by atoms with van der Waals surface area (Å²) in [5.74, 6) is 0.851. The van der Waals surface area contributed by atoms with Gasteiger partial charge in [-0.15, -0.1) is 0 Å². The molecular formula is C11H16BrNO. The van der Waals surface area contributed by atoms with Gasteiger partial charge in [0.1, 0.15) is 5.75 Å². The monoisotopic (exact) mass is 257 g/mol. The first kappa shape index (κ1) is 11.5. The van der Waals surface area contributed by atoms with Crippen molar-refractivity contribution in [3.8, 4) is 5.75 Å². The van der Waals surface area contributed by atoms with Crippen LogP contribution in [0.1, 0.15) is 31.4 Å². The van der Waals surface area contributed by atoms with Gasteiger partial charge in [0.2, 0.25) is 0 Å². The minimum Gasteiger partial charge on any atom is -0.497 e. The molecule has 0 aliphatic carbocycles. The van der Waals surface area contributed by atoms with Crippen molar-refractivity contribution >= 4 is 15.9 Å². The van der Waals surface area contributed by atoms with Crippen LogP contribution in [0.3, 0.4) is 0 Å². The van der Waals surface area contributed by atoms with Crippen molar-refractivity contribution in [2.75, 3.05) is 7.11 Å². The standard InChI is InChI=1S/C11H16BrNO/c1-3-4-11(13)9-6-5-8(14-2)7-10(9)12/h5-7,11H,3-4,13H2,1-2H3. The summed E-state index contributed by atoms with van der Waals surface area (Å²) in [6, 6.07) is 6.02. The quantitative estimate of drug-likeness (QED) is 0.899. The van der Waals surface area contributed by atoms with Crippen molar-refractivity contribution in [3.63, 3.8) is 0 Å². The van der Waals surface area contributed by atoms with E-state index in [0.29, 0.717) is 0 Å². The van der Waals surface area contributed by atoms with E-state index in [4.69, 9.17) is 10.5 Å². The fraction of sp³-hybridized carbons (Fsp3) is 0.455. The topological polar surface area (TPSA) is 35.2 Å². The van der Waals surface area contributed by atoms with Crippen molar-refractivity contribution in [3.05, 3.63) is 28.2 Å². The highest BCUT2D eigenvalue weighted by Crippen LogP contribution is 2.28. The van der Waals surface area contributed by atoms with Gasteiger partial charge in [0.05, 0.1) is 7.11 Å². The van der Waals surface area contributed by atoms with Gasteiger partial charge in [-0.05, 0) is 24.1 Å². The van der Waals surface area contributed by atoms with Crippen molar-refractivity contribution in [1.29, 1.82) is 0 Å². The Morgan fingerprint density at radius 1 is 1.50 bits per heavy atom. The molecule has 0 aromatic heterocycles. The highest BCUT2D eigenvalue weighted by Gasteiger charge is 2.09. The van der Waals surface area contributed by atoms with Crippen molar-refractivity contribution in [2.24, 2.45) is 5.73 Å². The van der Waals surface area contributed by atoms with Crippen LogP contribution in [0.15, 0.2) is 22.7 Å². The van der Waals surface area contributed by atoms with Gasteiger partial charge in [0, 0.05) is 10.5 Å². The number of methoxy groups -OCH3 is 1. The summed E-state index contributed by atoms with van der Waals surface area (Å²) in [4.78, 5) is 0. The Hall–Kier alpha value is -0.540. The maximum atomic E-state index is 6.03. The van der Waals surface area contributed by atoms with Crippen LogP contribution in [0.2, 0.25) is 0 Å². The molecule has 2 nitrogen and oxygen atoms in total. The fourth-order valence-electron chi connectivity index (χ4n) is 1.40. The van der Waals surface area contributed by atoms with Crippen LogP contribution in [0.5, 0.6) is 5.75 Å². The third kappa shape index (κ3) is 2.72. The largest absolute Gasteiger partial charge is 0.497 e. The lowest BCUT2D eigenvalue weighted by atomic mass is 10.0. The Kier molecular flexibility index (Phi) is 4.42. The maximum absolute atomic E-state index is 6.03. The number of hydrogen-bond donors (Lipinski definition) is 1. The van der Waals surface area contributed by atoms with Crippen LogP contribution < -0.4 is 10.5 Å². The summed E-state index contributed by atoms with van der Waals surface area (Å²) in [6.07, 6.45) is 2.10. The molecule has 1 aromatic carbocycles. The molecule has 0 aliphatic heterocycles. The van der Waals surface area contributed by atoms with Crippen LogP contribution >= 0.6 is 15.9 Å². The van der Waals surface area contributed by atoms with Crippen LogP contribution in [0.4, 0.5) is 0 Å². The number of ether oxygens (including phenoxy) is 1. The van der Waals surface area contributed by atoms with E-state index in [2.05, 4.69) is 22.9 Å². The summed E-state index contributed by atoms with van der Waals surface area (Å²) < 4.78 is 6.14. The predicted octanol–water partition coefficient (Wildman–Crippen LogP) is 3.26. The van der Waals surface area contributed by atoms with Crippen molar-refractivity contribution in [2.45, 2.75) is 25.8 Å². The minimum absolute atomic E-state index is 0.111. The SMILES string of the molecule is CCCC(N)c1ccc(OC)cc1Br. The molecular weight excluding hydrogens is 242 g/mol. The van der Waals surface area contributed by atoms with Crippen LogP contribution in [0, 0.1) is 0 Å². The van der Waals surface area contributed by atoms with E-state index in [-0.39, 0.29) is 6.04 Å². The molecule has 0 aliphatic rings. The predicted molar refractivity (Wildman–Crippen MR) is 62.5 cm³/mol. The second-order valence-electron chi connectivity index (χ2n) is 3.28. The second-order valence-corrected chi connectivity index (χ2v) is 4.14. The molecule has 1 unspecified atom stereocenters. The van der Waals surface area contributed by atoms with Gasteiger partial charge in [-0.25, -0.2) is 0 Å². The van der Waals surface area contributed by atoms with Gasteiger partial charge in [0.25, 0.3) is 0 Å². The van der Waals surface area contributed by atoms with E-state index < -0.39 is 0 Å². The van der Waals surface area contributed by atoms with Crippen LogP contribution in [-0.2, 0) is 0 Å². The zero-order chi connectivity index (χ0) is 10.6. The molecule has 0 saturated heterocycles. The molecule has 1 rings (SSSR count). The molecule has 1 atom stereocenters. The first-order valence-corrected chi connectivity index (χ1v) is 5.57. The summed E-state index contributed by atoms with van der Waals surface area (Å²) in [7, 11) is 1.66. The Balaban J connectivity index is 2.88. The smallest absolute Gasteiger partial charge is 0.120 e. The van der Waals surface area contributed by atoms with E-state index in [1.54, 1.807) is 7.11 Å². The molecule has 2 N–H and O–H groups in total. The average molecular weight is 258 g/mol. The zero-order valence-corrected chi connectivity index (χ0v) is 10.2. The molecule has 78 valence electrons. The van der Waals surface area contributed by atoms with Gasteiger partial charge in [-0.2, -0.15) is 0 Å². The Morgan fingerprint density at radius 3 is 2.71 bits per heavy atom. The molecule has 14 heavy (non-hydrogen) atoms. The van der Waals surface area contributed by atoms with Gasteiger partial charge in [0.15, 0.2) is 0 Å².